The van der Waals surface area contributed by atoms with Crippen LogP contribution in [-0.2, 0) is 9.59 Å². The SMILES string of the molecule is CSc1ccc(C2CC(=O)N(c3ccccc3C#N)C3=C2C(=O)CCC3)cc1. The average molecular weight is 388 g/mol. The Morgan fingerprint density at radius 1 is 1.07 bits per heavy atom. The van der Waals surface area contributed by atoms with Gasteiger partial charge < -0.3 is 0 Å². The summed E-state index contributed by atoms with van der Waals surface area (Å²) >= 11 is 1.67. The fraction of sp³-hybridized carbons (Fsp3) is 0.261. The number of hydrogen-bond donors (Lipinski definition) is 0. The lowest BCUT2D eigenvalue weighted by atomic mass is 9.77. The van der Waals surface area contributed by atoms with Gasteiger partial charge in [-0.2, -0.15) is 5.26 Å². The van der Waals surface area contributed by atoms with Crippen LogP contribution in [0.2, 0.25) is 0 Å². The quantitative estimate of drug-likeness (QED) is 0.708. The predicted molar refractivity (Wildman–Crippen MR) is 110 cm³/mol. The Kier molecular flexibility index (Phi) is 5.06. The second kappa shape index (κ2) is 7.65. The van der Waals surface area contributed by atoms with Gasteiger partial charge in [0.15, 0.2) is 5.78 Å². The maximum atomic E-state index is 13.2. The minimum absolute atomic E-state index is 0.0601. The molecule has 140 valence electrons. The molecule has 5 heteroatoms. The molecule has 2 aromatic rings. The lowest BCUT2D eigenvalue weighted by Crippen LogP contribution is -2.40. The summed E-state index contributed by atoms with van der Waals surface area (Å²) in [5.41, 5.74) is 3.55. The fourth-order valence-electron chi connectivity index (χ4n) is 4.16. The average Bonchev–Trinajstić information content (AvgIpc) is 2.73. The molecule has 0 aromatic heterocycles. The van der Waals surface area contributed by atoms with Crippen LogP contribution < -0.4 is 4.90 Å². The van der Waals surface area contributed by atoms with Crippen molar-refractivity contribution in [3.8, 4) is 6.07 Å². The normalized spacial score (nSPS) is 19.4. The highest BCUT2D eigenvalue weighted by atomic mass is 32.2. The smallest absolute Gasteiger partial charge is 0.232 e. The van der Waals surface area contributed by atoms with Crippen LogP contribution in [0.3, 0.4) is 0 Å². The van der Waals surface area contributed by atoms with E-state index in [1.54, 1.807) is 34.9 Å². The number of anilines is 1. The summed E-state index contributed by atoms with van der Waals surface area (Å²) in [6, 6.07) is 17.4. The highest BCUT2D eigenvalue weighted by molar-refractivity contribution is 7.98. The van der Waals surface area contributed by atoms with Crippen LogP contribution in [0.4, 0.5) is 5.69 Å². The maximum absolute atomic E-state index is 13.2. The molecule has 2 aliphatic rings. The Bertz CT molecular complexity index is 1020. The Labute approximate surface area is 168 Å². The van der Waals surface area contributed by atoms with Crippen LogP contribution in [0.15, 0.2) is 64.7 Å². The molecule has 0 N–H and O–H groups in total. The van der Waals surface area contributed by atoms with Gasteiger partial charge in [0.25, 0.3) is 0 Å². The number of carbonyl (C=O) groups is 2. The molecular formula is C23H20N2O2S. The van der Waals surface area contributed by atoms with E-state index in [1.165, 1.54) is 0 Å². The molecule has 1 aliphatic carbocycles. The third-order valence-electron chi connectivity index (χ3n) is 5.46. The van der Waals surface area contributed by atoms with E-state index < -0.39 is 0 Å². The molecule has 1 heterocycles. The molecule has 1 atom stereocenters. The molecule has 0 bridgehead atoms. The van der Waals surface area contributed by atoms with E-state index in [1.807, 2.05) is 36.6 Å². The summed E-state index contributed by atoms with van der Waals surface area (Å²) in [6.07, 6.45) is 4.18. The summed E-state index contributed by atoms with van der Waals surface area (Å²) in [5.74, 6) is -0.154. The van der Waals surface area contributed by atoms with E-state index in [-0.39, 0.29) is 24.0 Å². The van der Waals surface area contributed by atoms with Gasteiger partial charge >= 0.3 is 0 Å². The lowest BCUT2D eigenvalue weighted by molar-refractivity contribution is -0.119. The summed E-state index contributed by atoms with van der Waals surface area (Å²) < 4.78 is 0. The molecule has 1 aliphatic heterocycles. The van der Waals surface area contributed by atoms with Crippen LogP contribution in [0.5, 0.6) is 0 Å². The van der Waals surface area contributed by atoms with Gasteiger partial charge in [-0.05, 0) is 48.9 Å². The van der Waals surface area contributed by atoms with Crippen molar-refractivity contribution in [3.05, 3.63) is 70.9 Å². The van der Waals surface area contributed by atoms with Crippen molar-refractivity contribution in [2.75, 3.05) is 11.2 Å². The van der Waals surface area contributed by atoms with Crippen LogP contribution in [0.1, 0.15) is 42.7 Å². The van der Waals surface area contributed by atoms with E-state index >= 15 is 0 Å². The van der Waals surface area contributed by atoms with Gasteiger partial charge in [-0.15, -0.1) is 11.8 Å². The van der Waals surface area contributed by atoms with Crippen LogP contribution in [0, 0.1) is 11.3 Å². The second-order valence-electron chi connectivity index (χ2n) is 7.03. The monoisotopic (exact) mass is 388 g/mol. The van der Waals surface area contributed by atoms with E-state index in [0.717, 1.165) is 28.1 Å². The minimum Gasteiger partial charge on any atom is -0.294 e. The Morgan fingerprint density at radius 2 is 1.82 bits per heavy atom. The first-order valence-corrected chi connectivity index (χ1v) is 10.6. The van der Waals surface area contributed by atoms with Gasteiger partial charge in [-0.25, -0.2) is 0 Å². The fourth-order valence-corrected chi connectivity index (χ4v) is 4.56. The van der Waals surface area contributed by atoms with Crippen molar-refractivity contribution in [3.63, 3.8) is 0 Å². The minimum atomic E-state index is -0.211. The Morgan fingerprint density at radius 3 is 2.54 bits per heavy atom. The van der Waals surface area contributed by atoms with Crippen molar-refractivity contribution in [1.82, 2.24) is 0 Å². The number of carbonyl (C=O) groups excluding carboxylic acids is 2. The maximum Gasteiger partial charge on any atom is 0.232 e. The zero-order valence-electron chi connectivity index (χ0n) is 15.6. The molecule has 1 amide bonds. The van der Waals surface area contributed by atoms with Crippen molar-refractivity contribution in [2.24, 2.45) is 0 Å². The highest BCUT2D eigenvalue weighted by Crippen LogP contribution is 2.44. The standard InChI is InChI=1S/C23H20N2O2S/c1-28-17-11-9-15(10-12-17)18-13-22(27)25(19-6-3-2-5-16(19)14-24)20-7-4-8-21(26)23(18)20/h2-3,5-6,9-12,18H,4,7-8,13H2,1H3. The molecule has 4 nitrogen and oxygen atoms in total. The van der Waals surface area contributed by atoms with Crippen molar-refractivity contribution >= 4 is 29.1 Å². The van der Waals surface area contributed by atoms with Gasteiger partial charge in [0.1, 0.15) is 6.07 Å². The van der Waals surface area contributed by atoms with Gasteiger partial charge in [0.2, 0.25) is 5.91 Å². The first-order chi connectivity index (χ1) is 13.6. The third kappa shape index (κ3) is 3.14. The number of hydrogen-bond acceptors (Lipinski definition) is 4. The molecule has 0 saturated carbocycles. The van der Waals surface area contributed by atoms with E-state index in [9.17, 15) is 14.9 Å². The van der Waals surface area contributed by atoms with Gasteiger partial charge in [0.05, 0.1) is 11.3 Å². The number of ketones is 1. The summed E-state index contributed by atoms with van der Waals surface area (Å²) in [7, 11) is 0. The van der Waals surface area contributed by atoms with E-state index in [0.29, 0.717) is 24.1 Å². The number of Topliss-reactive ketones (excluding diaryl/α,β-unsaturated/α-hetero) is 1. The molecule has 4 rings (SSSR count). The first kappa shape index (κ1) is 18.5. The molecule has 0 saturated heterocycles. The van der Waals surface area contributed by atoms with Crippen LogP contribution in [-0.4, -0.2) is 17.9 Å². The molecule has 28 heavy (non-hydrogen) atoms. The molecule has 0 fully saturated rings. The molecule has 1 unspecified atom stereocenters. The zero-order valence-corrected chi connectivity index (χ0v) is 16.5. The molecular weight excluding hydrogens is 368 g/mol. The molecule has 2 aromatic carbocycles. The van der Waals surface area contributed by atoms with Crippen molar-refractivity contribution in [2.45, 2.75) is 36.5 Å². The number of nitrogens with zero attached hydrogens (tertiary/aromatic N) is 2. The first-order valence-electron chi connectivity index (χ1n) is 9.36. The van der Waals surface area contributed by atoms with Crippen molar-refractivity contribution < 1.29 is 9.59 Å². The lowest BCUT2D eigenvalue weighted by Gasteiger charge is -2.38. The number of benzene rings is 2. The molecule has 0 spiro atoms. The Balaban J connectivity index is 1.86. The van der Waals surface area contributed by atoms with Crippen molar-refractivity contribution in [1.29, 1.82) is 5.26 Å². The number of para-hydroxylation sites is 1. The number of rotatable bonds is 3. The zero-order chi connectivity index (χ0) is 19.7. The number of amides is 1. The summed E-state index contributed by atoms with van der Waals surface area (Å²) in [5, 5.41) is 9.49. The predicted octanol–water partition coefficient (Wildman–Crippen LogP) is 4.81. The largest absolute Gasteiger partial charge is 0.294 e. The van der Waals surface area contributed by atoms with E-state index in [2.05, 4.69) is 6.07 Å². The van der Waals surface area contributed by atoms with Gasteiger partial charge in [-0.3, -0.25) is 14.5 Å². The summed E-state index contributed by atoms with van der Waals surface area (Å²) in [4.78, 5) is 28.9. The van der Waals surface area contributed by atoms with Crippen LogP contribution >= 0.6 is 11.8 Å². The highest BCUT2D eigenvalue weighted by Gasteiger charge is 2.40. The number of nitriles is 1. The number of thioether (sulfide) groups is 1. The topological polar surface area (TPSA) is 61.2 Å². The van der Waals surface area contributed by atoms with Gasteiger partial charge in [-0.1, -0.05) is 24.3 Å². The second-order valence-corrected chi connectivity index (χ2v) is 7.90. The Hall–Kier alpha value is -2.84. The third-order valence-corrected chi connectivity index (χ3v) is 6.20. The van der Waals surface area contributed by atoms with E-state index in [4.69, 9.17) is 0 Å². The number of allylic oxidation sites excluding steroid dienone is 2. The summed E-state index contributed by atoms with van der Waals surface area (Å²) in [6.45, 7) is 0. The molecule has 0 radical (unpaired) electrons. The van der Waals surface area contributed by atoms with Gasteiger partial charge in [0, 0.05) is 34.9 Å². The van der Waals surface area contributed by atoms with Crippen LogP contribution in [0.25, 0.3) is 0 Å².